The van der Waals surface area contributed by atoms with E-state index in [1.165, 1.54) is 0 Å². The maximum Gasteiger partial charge on any atom is 0.261 e. The highest BCUT2D eigenvalue weighted by Gasteiger charge is 2.11. The van der Waals surface area contributed by atoms with E-state index in [-0.39, 0.29) is 0 Å². The lowest BCUT2D eigenvalue weighted by Gasteiger charge is -1.97. The van der Waals surface area contributed by atoms with Crippen LogP contribution < -0.4 is 4.74 Å². The summed E-state index contributed by atoms with van der Waals surface area (Å²) in [5.41, 5.74) is 2.65. The van der Waals surface area contributed by atoms with Gasteiger partial charge in [-0.1, -0.05) is 11.8 Å². The third kappa shape index (κ3) is 3.34. The summed E-state index contributed by atoms with van der Waals surface area (Å²) in [5.74, 6) is 8.08. The molecule has 0 saturated carbocycles. The molecule has 0 aliphatic rings. The molecule has 0 bridgehead atoms. The highest BCUT2D eigenvalue weighted by Crippen LogP contribution is 2.28. The Morgan fingerprint density at radius 1 is 1.22 bits per heavy atom. The van der Waals surface area contributed by atoms with Crippen LogP contribution in [0.2, 0.25) is 0 Å². The molecule has 0 amide bonds. The fourth-order valence-corrected chi connectivity index (χ4v) is 2.34. The van der Waals surface area contributed by atoms with Crippen LogP contribution in [0.1, 0.15) is 35.7 Å². The second kappa shape index (κ2) is 6.53. The van der Waals surface area contributed by atoms with Gasteiger partial charge in [-0.15, -0.1) is 10.2 Å². The van der Waals surface area contributed by atoms with Crippen LogP contribution in [0.4, 0.5) is 0 Å². The summed E-state index contributed by atoms with van der Waals surface area (Å²) >= 11 is 0. The lowest BCUT2D eigenvalue weighted by atomic mass is 10.1. The van der Waals surface area contributed by atoms with Gasteiger partial charge in [-0.3, -0.25) is 0 Å². The Morgan fingerprint density at radius 2 is 2.09 bits per heavy atom. The Balaban J connectivity index is 1.67. The van der Waals surface area contributed by atoms with E-state index in [0.717, 1.165) is 41.4 Å². The molecule has 118 valence electrons. The highest BCUT2D eigenvalue weighted by atomic mass is 16.5. The number of ether oxygens (including phenoxy) is 1. The molecule has 2 heterocycles. The van der Waals surface area contributed by atoms with Crippen molar-refractivity contribution in [2.45, 2.75) is 33.1 Å². The average molecular weight is 311 g/mol. The predicted octanol–water partition coefficient (Wildman–Crippen LogP) is 3.21. The van der Waals surface area contributed by atoms with Gasteiger partial charge in [0.15, 0.2) is 5.58 Å². The van der Waals surface area contributed by atoms with Crippen LogP contribution in [0.5, 0.6) is 5.88 Å². The topological polar surface area (TPSA) is 74.2 Å². The van der Waals surface area contributed by atoms with Crippen LogP contribution in [0, 0.1) is 25.7 Å². The van der Waals surface area contributed by atoms with E-state index in [9.17, 15) is 0 Å². The molecule has 0 fully saturated rings. The minimum absolute atomic E-state index is 0.485. The minimum atomic E-state index is 0.485. The molecule has 6 nitrogen and oxygen atoms in total. The quantitative estimate of drug-likeness (QED) is 0.544. The van der Waals surface area contributed by atoms with Gasteiger partial charge < -0.3 is 13.7 Å². The normalized spacial score (nSPS) is 10.6. The SMILES string of the molecule is COc1noc2c(C)cc(C#CCCCc3nnc(C)o3)cc12. The zero-order chi connectivity index (χ0) is 16.2. The molecule has 3 aromatic rings. The Hall–Kier alpha value is -2.81. The van der Waals surface area contributed by atoms with Gasteiger partial charge in [-0.05, 0) is 36.2 Å². The van der Waals surface area contributed by atoms with E-state index < -0.39 is 0 Å². The fraction of sp³-hybridized carbons (Fsp3) is 0.353. The first kappa shape index (κ1) is 15.1. The van der Waals surface area contributed by atoms with Crippen molar-refractivity contribution in [3.05, 3.63) is 35.0 Å². The number of hydrogen-bond donors (Lipinski definition) is 0. The van der Waals surface area contributed by atoms with Crippen LogP contribution in [0.25, 0.3) is 11.0 Å². The number of methoxy groups -OCH3 is 1. The summed E-state index contributed by atoms with van der Waals surface area (Å²) in [5, 5.41) is 12.5. The standard InChI is InChI=1S/C17H17N3O3/c1-11-9-13(10-14-16(11)23-20-17(14)21-3)7-5-4-6-8-15-19-18-12(2)22-15/h9-10H,4,6,8H2,1-3H3. The molecule has 0 N–H and O–H groups in total. The van der Waals surface area contributed by atoms with E-state index in [4.69, 9.17) is 13.7 Å². The maximum absolute atomic E-state index is 5.33. The molecule has 23 heavy (non-hydrogen) atoms. The van der Waals surface area contributed by atoms with E-state index in [2.05, 4.69) is 27.2 Å². The van der Waals surface area contributed by atoms with Gasteiger partial charge in [0, 0.05) is 25.3 Å². The maximum atomic E-state index is 5.33. The van der Waals surface area contributed by atoms with Gasteiger partial charge in [0.1, 0.15) is 0 Å². The van der Waals surface area contributed by atoms with Crippen molar-refractivity contribution in [2.24, 2.45) is 0 Å². The zero-order valence-corrected chi connectivity index (χ0v) is 13.3. The summed E-state index contributed by atoms with van der Waals surface area (Å²) in [7, 11) is 1.57. The largest absolute Gasteiger partial charge is 0.478 e. The van der Waals surface area contributed by atoms with Gasteiger partial charge in [0.25, 0.3) is 5.88 Å². The van der Waals surface area contributed by atoms with Crippen molar-refractivity contribution in [1.29, 1.82) is 0 Å². The van der Waals surface area contributed by atoms with E-state index in [1.54, 1.807) is 14.0 Å². The Morgan fingerprint density at radius 3 is 2.83 bits per heavy atom. The molecule has 6 heteroatoms. The number of fused-ring (bicyclic) bond motifs is 1. The molecule has 2 aromatic heterocycles. The molecule has 0 radical (unpaired) electrons. The average Bonchev–Trinajstić information content (AvgIpc) is 3.13. The number of hydrogen-bond acceptors (Lipinski definition) is 6. The molecular weight excluding hydrogens is 294 g/mol. The van der Waals surface area contributed by atoms with Crippen LogP contribution in [0.15, 0.2) is 21.1 Å². The Bertz CT molecular complexity index is 883. The highest BCUT2D eigenvalue weighted by molar-refractivity contribution is 5.86. The van der Waals surface area contributed by atoms with Crippen LogP contribution in [-0.4, -0.2) is 22.5 Å². The van der Waals surface area contributed by atoms with Crippen molar-refractivity contribution in [3.8, 4) is 17.7 Å². The van der Waals surface area contributed by atoms with Gasteiger partial charge >= 0.3 is 0 Å². The Kier molecular flexibility index (Phi) is 4.29. The van der Waals surface area contributed by atoms with Gasteiger partial charge in [-0.2, -0.15) is 0 Å². The van der Waals surface area contributed by atoms with E-state index in [0.29, 0.717) is 17.7 Å². The summed E-state index contributed by atoms with van der Waals surface area (Å²) in [4.78, 5) is 0. The van der Waals surface area contributed by atoms with Gasteiger partial charge in [-0.25, -0.2) is 0 Å². The van der Waals surface area contributed by atoms with Crippen molar-refractivity contribution in [1.82, 2.24) is 15.4 Å². The number of unbranched alkanes of at least 4 members (excludes halogenated alkanes) is 1. The first-order chi connectivity index (χ1) is 11.2. The number of aryl methyl sites for hydroxylation is 3. The summed E-state index contributed by atoms with van der Waals surface area (Å²) in [6.45, 7) is 3.75. The summed E-state index contributed by atoms with van der Waals surface area (Å²) in [6.07, 6.45) is 2.39. The fourth-order valence-electron chi connectivity index (χ4n) is 2.34. The molecule has 0 aliphatic heterocycles. The summed E-state index contributed by atoms with van der Waals surface area (Å²) < 4.78 is 15.8. The lowest BCUT2D eigenvalue weighted by molar-refractivity contribution is 0.350. The molecule has 0 unspecified atom stereocenters. The molecular formula is C17H17N3O3. The van der Waals surface area contributed by atoms with Crippen molar-refractivity contribution < 1.29 is 13.7 Å². The molecule has 0 aliphatic carbocycles. The predicted molar refractivity (Wildman–Crippen MR) is 84.1 cm³/mol. The second-order valence-electron chi connectivity index (χ2n) is 5.23. The lowest BCUT2D eigenvalue weighted by Crippen LogP contribution is -1.85. The zero-order valence-electron chi connectivity index (χ0n) is 13.3. The third-order valence-corrected chi connectivity index (χ3v) is 3.41. The smallest absolute Gasteiger partial charge is 0.261 e. The van der Waals surface area contributed by atoms with Crippen molar-refractivity contribution in [3.63, 3.8) is 0 Å². The minimum Gasteiger partial charge on any atom is -0.478 e. The van der Waals surface area contributed by atoms with E-state index >= 15 is 0 Å². The first-order valence-corrected chi connectivity index (χ1v) is 7.39. The monoisotopic (exact) mass is 311 g/mol. The van der Waals surface area contributed by atoms with Gasteiger partial charge in [0.2, 0.25) is 11.8 Å². The number of rotatable bonds is 4. The van der Waals surface area contributed by atoms with Crippen LogP contribution in [-0.2, 0) is 6.42 Å². The molecule has 1 aromatic carbocycles. The number of benzene rings is 1. The van der Waals surface area contributed by atoms with Crippen LogP contribution >= 0.6 is 0 Å². The first-order valence-electron chi connectivity index (χ1n) is 7.39. The number of nitrogens with zero attached hydrogens (tertiary/aromatic N) is 3. The third-order valence-electron chi connectivity index (χ3n) is 3.41. The molecule has 0 atom stereocenters. The van der Waals surface area contributed by atoms with Crippen molar-refractivity contribution >= 4 is 11.0 Å². The summed E-state index contributed by atoms with van der Waals surface area (Å²) in [6, 6.07) is 3.92. The number of aromatic nitrogens is 3. The Labute approximate surface area is 133 Å². The van der Waals surface area contributed by atoms with E-state index in [1.807, 2.05) is 19.1 Å². The molecule has 3 rings (SSSR count). The van der Waals surface area contributed by atoms with Crippen molar-refractivity contribution in [2.75, 3.05) is 7.11 Å². The molecule has 0 spiro atoms. The second-order valence-corrected chi connectivity index (χ2v) is 5.23. The van der Waals surface area contributed by atoms with Crippen LogP contribution in [0.3, 0.4) is 0 Å². The molecule has 0 saturated heterocycles. The van der Waals surface area contributed by atoms with Gasteiger partial charge in [0.05, 0.1) is 12.5 Å².